The molecule has 16 heavy (non-hydrogen) atoms. The smallest absolute Gasteiger partial charge is 0.406 e. The molecular formula is C10H7F3N2O. The van der Waals surface area contributed by atoms with E-state index in [1.165, 1.54) is 28.9 Å². The third kappa shape index (κ3) is 2.53. The maximum absolute atomic E-state index is 11.9. The van der Waals surface area contributed by atoms with E-state index < -0.39 is 6.36 Å². The number of rotatable bonds is 2. The molecule has 0 aliphatic heterocycles. The van der Waals surface area contributed by atoms with Gasteiger partial charge in [0.15, 0.2) is 0 Å². The molecule has 0 aliphatic rings. The van der Waals surface area contributed by atoms with Crippen LogP contribution < -0.4 is 4.74 Å². The lowest BCUT2D eigenvalue weighted by Crippen LogP contribution is -2.17. The van der Waals surface area contributed by atoms with Crippen molar-refractivity contribution in [3.63, 3.8) is 0 Å². The molecule has 1 heterocycles. The van der Waals surface area contributed by atoms with Gasteiger partial charge in [-0.25, -0.2) is 4.68 Å². The van der Waals surface area contributed by atoms with Crippen molar-refractivity contribution in [2.75, 3.05) is 0 Å². The Morgan fingerprint density at radius 2 is 1.81 bits per heavy atom. The van der Waals surface area contributed by atoms with Crippen LogP contribution in [0.25, 0.3) is 5.69 Å². The molecule has 0 aliphatic carbocycles. The summed E-state index contributed by atoms with van der Waals surface area (Å²) in [4.78, 5) is 0. The van der Waals surface area contributed by atoms with E-state index in [1.807, 2.05) is 0 Å². The van der Waals surface area contributed by atoms with Crippen LogP contribution in [0, 0.1) is 0 Å². The Balaban J connectivity index is 2.17. The Bertz CT molecular complexity index is 448. The molecule has 1 aromatic carbocycles. The fraction of sp³-hybridized carbons (Fsp3) is 0.100. The third-order valence-corrected chi connectivity index (χ3v) is 1.84. The molecule has 0 N–H and O–H groups in total. The first-order chi connectivity index (χ1) is 7.54. The van der Waals surface area contributed by atoms with Crippen LogP contribution in [0.4, 0.5) is 13.2 Å². The normalized spacial score (nSPS) is 11.4. The van der Waals surface area contributed by atoms with Crippen molar-refractivity contribution >= 4 is 0 Å². The lowest BCUT2D eigenvalue weighted by molar-refractivity contribution is -0.274. The van der Waals surface area contributed by atoms with Gasteiger partial charge in [0.1, 0.15) is 5.75 Å². The van der Waals surface area contributed by atoms with Crippen molar-refractivity contribution in [3.05, 3.63) is 42.7 Å². The van der Waals surface area contributed by atoms with Crippen molar-refractivity contribution in [3.8, 4) is 11.4 Å². The maximum atomic E-state index is 11.9. The maximum Gasteiger partial charge on any atom is 0.573 e. The third-order valence-electron chi connectivity index (χ3n) is 1.84. The number of alkyl halides is 3. The van der Waals surface area contributed by atoms with Crippen LogP contribution in [-0.4, -0.2) is 16.1 Å². The molecule has 0 radical (unpaired) electrons. The highest BCUT2D eigenvalue weighted by molar-refractivity contribution is 5.36. The second kappa shape index (κ2) is 3.88. The van der Waals surface area contributed by atoms with Gasteiger partial charge in [0.2, 0.25) is 0 Å². The van der Waals surface area contributed by atoms with Crippen molar-refractivity contribution in [1.29, 1.82) is 0 Å². The van der Waals surface area contributed by atoms with Gasteiger partial charge in [-0.15, -0.1) is 13.2 Å². The summed E-state index contributed by atoms with van der Waals surface area (Å²) in [6, 6.07) is 7.19. The first kappa shape index (κ1) is 10.5. The van der Waals surface area contributed by atoms with Gasteiger partial charge in [-0.1, -0.05) is 0 Å². The van der Waals surface area contributed by atoms with E-state index in [4.69, 9.17) is 0 Å². The summed E-state index contributed by atoms with van der Waals surface area (Å²) in [6.45, 7) is 0. The van der Waals surface area contributed by atoms with Crippen LogP contribution >= 0.6 is 0 Å². The van der Waals surface area contributed by atoms with Gasteiger partial charge in [-0.05, 0) is 30.3 Å². The predicted octanol–water partition coefficient (Wildman–Crippen LogP) is 2.77. The van der Waals surface area contributed by atoms with E-state index in [0.717, 1.165) is 0 Å². The first-order valence-electron chi connectivity index (χ1n) is 4.40. The van der Waals surface area contributed by atoms with Crippen molar-refractivity contribution in [1.82, 2.24) is 9.78 Å². The highest BCUT2D eigenvalue weighted by atomic mass is 19.4. The molecule has 1 aromatic heterocycles. The lowest BCUT2D eigenvalue weighted by atomic mass is 10.3. The molecule has 2 rings (SSSR count). The Morgan fingerprint density at radius 3 is 2.31 bits per heavy atom. The quantitative estimate of drug-likeness (QED) is 0.790. The van der Waals surface area contributed by atoms with E-state index in [2.05, 4.69) is 9.84 Å². The molecule has 0 atom stereocenters. The Hall–Kier alpha value is -1.98. The van der Waals surface area contributed by atoms with E-state index in [9.17, 15) is 13.2 Å². The molecular weight excluding hydrogens is 221 g/mol. The van der Waals surface area contributed by atoms with E-state index in [-0.39, 0.29) is 5.75 Å². The summed E-state index contributed by atoms with van der Waals surface area (Å²) in [5.74, 6) is -0.247. The highest BCUT2D eigenvalue weighted by Gasteiger charge is 2.30. The monoisotopic (exact) mass is 228 g/mol. The van der Waals surface area contributed by atoms with Crippen LogP contribution in [0.5, 0.6) is 5.75 Å². The summed E-state index contributed by atoms with van der Waals surface area (Å²) < 4.78 is 40.9. The molecule has 0 amide bonds. The molecule has 0 saturated carbocycles. The standard InChI is InChI=1S/C10H7F3N2O/c11-10(12,13)16-9-4-2-8(3-5-9)15-7-1-6-14-15/h1-7H. The average Bonchev–Trinajstić information content (AvgIpc) is 2.69. The van der Waals surface area contributed by atoms with Crippen LogP contribution in [0.3, 0.4) is 0 Å². The molecule has 0 spiro atoms. The molecule has 0 unspecified atom stereocenters. The highest BCUT2D eigenvalue weighted by Crippen LogP contribution is 2.23. The minimum atomic E-state index is -4.66. The van der Waals surface area contributed by atoms with Crippen LogP contribution in [0.15, 0.2) is 42.7 Å². The Kier molecular flexibility index (Phi) is 2.55. The predicted molar refractivity (Wildman–Crippen MR) is 50.2 cm³/mol. The minimum absolute atomic E-state index is 0.247. The fourth-order valence-electron chi connectivity index (χ4n) is 1.22. The van der Waals surface area contributed by atoms with Crippen LogP contribution in [0.2, 0.25) is 0 Å². The van der Waals surface area contributed by atoms with Gasteiger partial charge in [0, 0.05) is 12.4 Å². The zero-order valence-electron chi connectivity index (χ0n) is 7.98. The van der Waals surface area contributed by atoms with Crippen molar-refractivity contribution in [2.24, 2.45) is 0 Å². The van der Waals surface area contributed by atoms with Crippen LogP contribution in [0.1, 0.15) is 0 Å². The fourth-order valence-corrected chi connectivity index (χ4v) is 1.22. The van der Waals surface area contributed by atoms with Crippen LogP contribution in [-0.2, 0) is 0 Å². The van der Waals surface area contributed by atoms with Gasteiger partial charge in [-0.3, -0.25) is 0 Å². The summed E-state index contributed by atoms with van der Waals surface area (Å²) in [5.41, 5.74) is 0.666. The molecule has 84 valence electrons. The summed E-state index contributed by atoms with van der Waals surface area (Å²) in [5, 5.41) is 3.94. The topological polar surface area (TPSA) is 27.1 Å². The zero-order chi connectivity index (χ0) is 11.6. The number of hydrogen-bond acceptors (Lipinski definition) is 2. The molecule has 6 heteroatoms. The minimum Gasteiger partial charge on any atom is -0.406 e. The molecule has 0 bridgehead atoms. The molecule has 0 saturated heterocycles. The molecule has 2 aromatic rings. The second-order valence-electron chi connectivity index (χ2n) is 2.99. The van der Waals surface area contributed by atoms with Gasteiger partial charge in [-0.2, -0.15) is 5.10 Å². The number of halogens is 3. The second-order valence-corrected chi connectivity index (χ2v) is 2.99. The van der Waals surface area contributed by atoms with E-state index in [1.54, 1.807) is 18.5 Å². The summed E-state index contributed by atoms with van der Waals surface area (Å²) >= 11 is 0. The number of nitrogens with zero attached hydrogens (tertiary/aromatic N) is 2. The first-order valence-corrected chi connectivity index (χ1v) is 4.40. The largest absolute Gasteiger partial charge is 0.573 e. The van der Waals surface area contributed by atoms with Gasteiger partial charge in [0.05, 0.1) is 5.69 Å². The van der Waals surface area contributed by atoms with Crippen molar-refractivity contribution in [2.45, 2.75) is 6.36 Å². The summed E-state index contributed by atoms with van der Waals surface area (Å²) in [6.07, 6.45) is -1.38. The molecule has 0 fully saturated rings. The van der Waals surface area contributed by atoms with Gasteiger partial charge < -0.3 is 4.74 Å². The number of benzene rings is 1. The number of ether oxygens (including phenoxy) is 1. The summed E-state index contributed by atoms with van der Waals surface area (Å²) in [7, 11) is 0. The Morgan fingerprint density at radius 1 is 1.12 bits per heavy atom. The molecule has 3 nitrogen and oxygen atoms in total. The van der Waals surface area contributed by atoms with Gasteiger partial charge >= 0.3 is 6.36 Å². The van der Waals surface area contributed by atoms with Gasteiger partial charge in [0.25, 0.3) is 0 Å². The Labute approximate surface area is 89.1 Å². The van der Waals surface area contributed by atoms with Crippen molar-refractivity contribution < 1.29 is 17.9 Å². The van der Waals surface area contributed by atoms with E-state index in [0.29, 0.717) is 5.69 Å². The SMILES string of the molecule is FC(F)(F)Oc1ccc(-n2cccn2)cc1. The van der Waals surface area contributed by atoms with E-state index >= 15 is 0 Å². The number of hydrogen-bond donors (Lipinski definition) is 0. The average molecular weight is 228 g/mol. The lowest BCUT2D eigenvalue weighted by Gasteiger charge is -2.09. The number of aromatic nitrogens is 2. The zero-order valence-corrected chi connectivity index (χ0v) is 7.98.